The molecule has 0 aliphatic carbocycles. The van der Waals surface area contributed by atoms with E-state index in [0.29, 0.717) is 18.8 Å². The lowest BCUT2D eigenvalue weighted by molar-refractivity contribution is 0.0602. The maximum atomic E-state index is 11.6. The Hall–Kier alpha value is -1.34. The highest BCUT2D eigenvalue weighted by atomic mass is 32.1. The predicted octanol–water partition coefficient (Wildman–Crippen LogP) is 0.349. The fourth-order valence-electron chi connectivity index (χ4n) is 1.57. The van der Waals surface area contributed by atoms with Gasteiger partial charge < -0.3 is 20.1 Å². The van der Waals surface area contributed by atoms with Crippen LogP contribution in [-0.4, -0.2) is 43.8 Å². The number of methoxy groups -OCH3 is 1. The van der Waals surface area contributed by atoms with Crippen LogP contribution in [0.5, 0.6) is 0 Å². The van der Waals surface area contributed by atoms with Crippen molar-refractivity contribution in [2.45, 2.75) is 0 Å². The topological polar surface area (TPSA) is 77.7 Å². The summed E-state index contributed by atoms with van der Waals surface area (Å²) < 4.78 is 13.9. The Balaban J connectivity index is 2.29. The molecule has 0 saturated carbocycles. The quantitative estimate of drug-likeness (QED) is 0.755. The van der Waals surface area contributed by atoms with Gasteiger partial charge in [0.05, 0.1) is 20.3 Å². The van der Waals surface area contributed by atoms with E-state index in [2.05, 4.69) is 4.37 Å². The minimum Gasteiger partial charge on any atom is -0.465 e. The van der Waals surface area contributed by atoms with Gasteiger partial charge in [-0.25, -0.2) is 4.79 Å². The molecule has 0 aromatic carbocycles. The van der Waals surface area contributed by atoms with E-state index in [1.807, 2.05) is 4.90 Å². The number of nitrogens with two attached hydrogens (primary N) is 1. The van der Waals surface area contributed by atoms with Gasteiger partial charge in [-0.05, 0) is 11.5 Å². The van der Waals surface area contributed by atoms with Crippen LogP contribution in [-0.2, 0) is 9.47 Å². The molecule has 2 heterocycles. The van der Waals surface area contributed by atoms with Crippen LogP contribution >= 0.6 is 11.5 Å². The van der Waals surface area contributed by atoms with Crippen molar-refractivity contribution in [3.63, 3.8) is 0 Å². The van der Waals surface area contributed by atoms with E-state index in [4.69, 9.17) is 15.2 Å². The lowest BCUT2D eigenvalue weighted by Crippen LogP contribution is -2.36. The smallest absolute Gasteiger partial charge is 0.344 e. The van der Waals surface area contributed by atoms with Crippen LogP contribution in [0.2, 0.25) is 0 Å². The number of nitrogens with zero attached hydrogens (tertiary/aromatic N) is 2. The molecule has 2 N–H and O–H groups in total. The molecule has 0 radical (unpaired) electrons. The zero-order valence-corrected chi connectivity index (χ0v) is 9.75. The second-order valence-corrected chi connectivity index (χ2v) is 4.09. The molecule has 0 bridgehead atoms. The molecule has 1 aromatic heterocycles. The number of ether oxygens (including phenoxy) is 2. The fraction of sp³-hybridized carbons (Fsp3) is 0.556. The van der Waals surface area contributed by atoms with Gasteiger partial charge in [0.1, 0.15) is 10.6 Å². The van der Waals surface area contributed by atoms with Crippen molar-refractivity contribution in [1.29, 1.82) is 0 Å². The molecular formula is C9H13N3O3S. The SMILES string of the molecule is COC(=O)c1c(N)nsc1N1CCOCC1. The van der Waals surface area contributed by atoms with Gasteiger partial charge in [0.2, 0.25) is 0 Å². The first-order valence-corrected chi connectivity index (χ1v) is 5.67. The molecule has 16 heavy (non-hydrogen) atoms. The van der Waals surface area contributed by atoms with Gasteiger partial charge >= 0.3 is 5.97 Å². The van der Waals surface area contributed by atoms with E-state index >= 15 is 0 Å². The van der Waals surface area contributed by atoms with Gasteiger partial charge in [-0.15, -0.1) is 0 Å². The van der Waals surface area contributed by atoms with Gasteiger partial charge in [0, 0.05) is 13.1 Å². The highest BCUT2D eigenvalue weighted by molar-refractivity contribution is 7.11. The molecule has 1 aromatic rings. The van der Waals surface area contributed by atoms with Crippen LogP contribution in [0.1, 0.15) is 10.4 Å². The lowest BCUT2D eigenvalue weighted by Gasteiger charge is -2.27. The molecule has 1 aliphatic heterocycles. The van der Waals surface area contributed by atoms with E-state index in [1.165, 1.54) is 18.6 Å². The maximum Gasteiger partial charge on any atom is 0.344 e. The summed E-state index contributed by atoms with van der Waals surface area (Å²) in [5, 5.41) is 0.771. The number of carbonyl (C=O) groups excluding carboxylic acids is 1. The van der Waals surface area contributed by atoms with Gasteiger partial charge in [-0.3, -0.25) is 0 Å². The molecule has 1 aliphatic rings. The summed E-state index contributed by atoms with van der Waals surface area (Å²) >= 11 is 1.22. The van der Waals surface area contributed by atoms with Crippen molar-refractivity contribution in [2.75, 3.05) is 44.0 Å². The molecule has 1 fully saturated rings. The predicted molar refractivity (Wildman–Crippen MR) is 60.9 cm³/mol. The average molecular weight is 243 g/mol. The number of esters is 1. The van der Waals surface area contributed by atoms with Gasteiger partial charge in [0.25, 0.3) is 0 Å². The Kier molecular flexibility index (Phi) is 3.25. The van der Waals surface area contributed by atoms with E-state index in [0.717, 1.165) is 18.1 Å². The zero-order chi connectivity index (χ0) is 11.5. The monoisotopic (exact) mass is 243 g/mol. The zero-order valence-electron chi connectivity index (χ0n) is 8.93. The summed E-state index contributed by atoms with van der Waals surface area (Å²) in [4.78, 5) is 13.6. The molecule has 0 spiro atoms. The van der Waals surface area contributed by atoms with Crippen molar-refractivity contribution in [3.05, 3.63) is 5.56 Å². The first-order valence-electron chi connectivity index (χ1n) is 4.90. The summed E-state index contributed by atoms with van der Waals surface area (Å²) in [5.41, 5.74) is 6.03. The normalized spacial score (nSPS) is 16.2. The summed E-state index contributed by atoms with van der Waals surface area (Å²) in [6, 6.07) is 0. The third-order valence-corrected chi connectivity index (χ3v) is 3.31. The van der Waals surface area contributed by atoms with Crippen molar-refractivity contribution < 1.29 is 14.3 Å². The molecule has 6 nitrogen and oxygen atoms in total. The minimum absolute atomic E-state index is 0.235. The first kappa shape index (κ1) is 11.2. The Morgan fingerprint density at radius 3 is 2.88 bits per heavy atom. The van der Waals surface area contributed by atoms with Crippen molar-refractivity contribution >= 4 is 28.3 Å². The maximum absolute atomic E-state index is 11.6. The number of hydrogen-bond acceptors (Lipinski definition) is 7. The number of rotatable bonds is 2. The van der Waals surface area contributed by atoms with Gasteiger partial charge in [-0.1, -0.05) is 0 Å². The molecule has 0 amide bonds. The summed E-state index contributed by atoms with van der Waals surface area (Å²) in [7, 11) is 1.34. The van der Waals surface area contributed by atoms with Gasteiger partial charge in [0.15, 0.2) is 5.82 Å². The third-order valence-electron chi connectivity index (χ3n) is 2.39. The molecule has 1 saturated heterocycles. The second kappa shape index (κ2) is 4.67. The van der Waals surface area contributed by atoms with Crippen LogP contribution in [0, 0.1) is 0 Å². The van der Waals surface area contributed by atoms with E-state index in [-0.39, 0.29) is 5.82 Å². The van der Waals surface area contributed by atoms with Crippen LogP contribution in [0.3, 0.4) is 0 Å². The van der Waals surface area contributed by atoms with Crippen LogP contribution < -0.4 is 10.6 Å². The minimum atomic E-state index is -0.437. The first-order chi connectivity index (χ1) is 7.74. The summed E-state index contributed by atoms with van der Waals surface area (Å²) in [6.07, 6.45) is 0. The highest BCUT2D eigenvalue weighted by Crippen LogP contribution is 2.31. The van der Waals surface area contributed by atoms with Gasteiger partial charge in [-0.2, -0.15) is 4.37 Å². The Labute approximate surface area is 97.1 Å². The summed E-state index contributed by atoms with van der Waals surface area (Å²) in [5.74, 6) is -0.203. The largest absolute Gasteiger partial charge is 0.465 e. The van der Waals surface area contributed by atoms with Crippen molar-refractivity contribution in [1.82, 2.24) is 4.37 Å². The third kappa shape index (κ3) is 1.96. The fourth-order valence-corrected chi connectivity index (χ4v) is 2.42. The molecule has 0 unspecified atom stereocenters. The Bertz CT molecular complexity index is 387. The molecule has 0 atom stereocenters. The van der Waals surface area contributed by atoms with E-state index in [9.17, 15) is 4.79 Å². The van der Waals surface area contributed by atoms with Crippen LogP contribution in [0.4, 0.5) is 10.8 Å². The van der Waals surface area contributed by atoms with Crippen LogP contribution in [0.15, 0.2) is 0 Å². The second-order valence-electron chi connectivity index (χ2n) is 3.34. The molecular weight excluding hydrogens is 230 g/mol. The molecule has 88 valence electrons. The number of carbonyl (C=O) groups is 1. The average Bonchev–Trinajstić information content (AvgIpc) is 2.71. The van der Waals surface area contributed by atoms with Crippen LogP contribution in [0.25, 0.3) is 0 Å². The number of hydrogen-bond donors (Lipinski definition) is 1. The van der Waals surface area contributed by atoms with E-state index < -0.39 is 5.97 Å². The van der Waals surface area contributed by atoms with Crippen molar-refractivity contribution in [2.24, 2.45) is 0 Å². The Morgan fingerprint density at radius 2 is 2.25 bits per heavy atom. The highest BCUT2D eigenvalue weighted by Gasteiger charge is 2.25. The Morgan fingerprint density at radius 1 is 1.56 bits per heavy atom. The molecule has 2 rings (SSSR count). The lowest BCUT2D eigenvalue weighted by atomic mass is 10.3. The van der Waals surface area contributed by atoms with E-state index in [1.54, 1.807) is 0 Å². The molecule has 7 heteroatoms. The summed E-state index contributed by atoms with van der Waals surface area (Å²) in [6.45, 7) is 2.79. The number of anilines is 2. The number of nitrogen functional groups attached to an aromatic ring is 1. The number of aromatic nitrogens is 1. The number of morpholine rings is 1. The van der Waals surface area contributed by atoms with Crippen molar-refractivity contribution in [3.8, 4) is 0 Å². The standard InChI is InChI=1S/C9H13N3O3S/c1-14-9(13)6-7(10)11-16-8(6)12-2-4-15-5-3-12/h2-5H2,1H3,(H2,10,11).